The van der Waals surface area contributed by atoms with E-state index in [2.05, 4.69) is 31.0 Å². The molecule has 0 saturated heterocycles. The van der Waals surface area contributed by atoms with Crippen LogP contribution >= 0.6 is 11.6 Å². The summed E-state index contributed by atoms with van der Waals surface area (Å²) in [5.41, 5.74) is 0.716. The van der Waals surface area contributed by atoms with Gasteiger partial charge < -0.3 is 21.1 Å². The van der Waals surface area contributed by atoms with Crippen LogP contribution in [0, 0.1) is 11.6 Å². The number of nitrogens with one attached hydrogen (secondary N) is 3. The number of carbonyl (C=O) groups is 1. The molecule has 0 aliphatic rings. The maximum absolute atomic E-state index is 13.5. The Hall–Kier alpha value is -3.31. The van der Waals surface area contributed by atoms with Crippen molar-refractivity contribution in [1.29, 1.82) is 0 Å². The van der Waals surface area contributed by atoms with Gasteiger partial charge in [-0.15, -0.1) is 0 Å². The quantitative estimate of drug-likeness (QED) is 0.427. The minimum absolute atomic E-state index is 0.0504. The van der Waals surface area contributed by atoms with Gasteiger partial charge in [-0.1, -0.05) is 11.6 Å². The molecule has 1 atom stereocenters. The Balaban J connectivity index is 1.77. The van der Waals surface area contributed by atoms with E-state index in [1.165, 1.54) is 24.1 Å². The lowest BCUT2D eigenvalue weighted by Gasteiger charge is -2.18. The van der Waals surface area contributed by atoms with E-state index >= 15 is 0 Å². The lowest BCUT2D eigenvalue weighted by molar-refractivity contribution is -0.121. The summed E-state index contributed by atoms with van der Waals surface area (Å²) in [6.07, 6.45) is 4.40. The van der Waals surface area contributed by atoms with Crippen LogP contribution in [-0.2, 0) is 11.3 Å². The van der Waals surface area contributed by atoms with E-state index in [-0.39, 0.29) is 34.8 Å². The fourth-order valence-electron chi connectivity index (χ4n) is 2.57. The van der Waals surface area contributed by atoms with E-state index < -0.39 is 24.3 Å². The molecule has 0 aliphatic heterocycles. The molecule has 9 nitrogen and oxygen atoms in total. The van der Waals surface area contributed by atoms with Gasteiger partial charge >= 0.3 is 0 Å². The molecule has 1 amide bonds. The van der Waals surface area contributed by atoms with Gasteiger partial charge in [-0.2, -0.15) is 10.1 Å². The maximum Gasteiger partial charge on any atom is 0.241 e. The minimum Gasteiger partial charge on any atom is -0.394 e. The van der Waals surface area contributed by atoms with Crippen LogP contribution in [0.25, 0.3) is 0 Å². The first kappa shape index (κ1) is 21.4. The number of hydrogen-bond acceptors (Lipinski definition) is 7. The molecular formula is C18H18ClF2N7O2. The number of aliphatic hydroxyl groups is 1. The van der Waals surface area contributed by atoms with Gasteiger partial charge in [0.2, 0.25) is 11.9 Å². The van der Waals surface area contributed by atoms with Crippen LogP contribution in [0.2, 0.25) is 5.02 Å². The van der Waals surface area contributed by atoms with Crippen LogP contribution in [0.5, 0.6) is 0 Å². The molecular weight excluding hydrogens is 420 g/mol. The summed E-state index contributed by atoms with van der Waals surface area (Å²) in [5.74, 6) is -1.44. The number of hydrogen-bond donors (Lipinski definition) is 4. The third-order valence-corrected chi connectivity index (χ3v) is 4.28. The number of nitrogens with zero attached hydrogens (tertiary/aromatic N) is 4. The molecule has 3 rings (SSSR count). The van der Waals surface area contributed by atoms with Crippen molar-refractivity contribution in [3.05, 3.63) is 59.0 Å². The number of aliphatic hydroxyl groups excluding tert-OH is 1. The molecule has 2 aromatic heterocycles. The summed E-state index contributed by atoms with van der Waals surface area (Å²) in [6.45, 7) is -0.410. The highest BCUT2D eigenvalue weighted by molar-refractivity contribution is 6.32. The van der Waals surface area contributed by atoms with Crippen molar-refractivity contribution in [3.8, 4) is 0 Å². The van der Waals surface area contributed by atoms with E-state index in [1.807, 2.05) is 0 Å². The second kappa shape index (κ2) is 9.46. The summed E-state index contributed by atoms with van der Waals surface area (Å²) in [4.78, 5) is 19.7. The summed E-state index contributed by atoms with van der Waals surface area (Å²) < 4.78 is 28.4. The number of anilines is 3. The van der Waals surface area contributed by atoms with Crippen LogP contribution in [0.4, 0.5) is 26.2 Å². The van der Waals surface area contributed by atoms with Crippen molar-refractivity contribution in [3.63, 3.8) is 0 Å². The number of aromatic nitrogens is 4. The molecule has 0 unspecified atom stereocenters. The Labute approximate surface area is 175 Å². The third kappa shape index (κ3) is 5.39. The molecule has 0 spiro atoms. The molecule has 4 N–H and O–H groups in total. The van der Waals surface area contributed by atoms with Crippen molar-refractivity contribution in [2.75, 3.05) is 24.3 Å². The maximum atomic E-state index is 13.5. The Morgan fingerprint density at radius 3 is 2.67 bits per heavy atom. The van der Waals surface area contributed by atoms with Gasteiger partial charge in [-0.05, 0) is 17.7 Å². The Morgan fingerprint density at radius 1 is 1.27 bits per heavy atom. The number of amides is 1. The smallest absolute Gasteiger partial charge is 0.241 e. The van der Waals surface area contributed by atoms with Crippen LogP contribution in [0.1, 0.15) is 11.6 Å². The van der Waals surface area contributed by atoms with Crippen molar-refractivity contribution >= 4 is 35.0 Å². The van der Waals surface area contributed by atoms with Gasteiger partial charge in [0.15, 0.2) is 5.82 Å². The lowest BCUT2D eigenvalue weighted by atomic mass is 10.1. The zero-order chi connectivity index (χ0) is 21.7. The second-order valence-electron chi connectivity index (χ2n) is 6.20. The van der Waals surface area contributed by atoms with Crippen LogP contribution in [-0.4, -0.2) is 44.4 Å². The molecule has 158 valence electrons. The van der Waals surface area contributed by atoms with Gasteiger partial charge in [0, 0.05) is 19.3 Å². The Bertz CT molecular complexity index is 1030. The van der Waals surface area contributed by atoms with Gasteiger partial charge in [0.1, 0.15) is 23.2 Å². The first-order valence-electron chi connectivity index (χ1n) is 8.74. The molecule has 0 aliphatic carbocycles. The molecule has 2 heterocycles. The predicted molar refractivity (Wildman–Crippen MR) is 106 cm³/mol. The molecule has 0 bridgehead atoms. The summed E-state index contributed by atoms with van der Waals surface area (Å²) in [5, 5.41) is 22.1. The van der Waals surface area contributed by atoms with Crippen molar-refractivity contribution in [2.45, 2.75) is 12.6 Å². The summed E-state index contributed by atoms with van der Waals surface area (Å²) in [6, 6.07) is 2.09. The van der Waals surface area contributed by atoms with Crippen molar-refractivity contribution in [2.24, 2.45) is 0 Å². The number of rotatable bonds is 8. The van der Waals surface area contributed by atoms with Crippen LogP contribution in [0.15, 0.2) is 36.8 Å². The van der Waals surface area contributed by atoms with E-state index in [9.17, 15) is 18.7 Å². The predicted octanol–water partition coefficient (Wildman–Crippen LogP) is 2.24. The molecule has 0 saturated carbocycles. The highest BCUT2D eigenvalue weighted by Crippen LogP contribution is 2.26. The Morgan fingerprint density at radius 2 is 2.00 bits per heavy atom. The van der Waals surface area contributed by atoms with E-state index in [1.54, 1.807) is 6.20 Å². The van der Waals surface area contributed by atoms with Gasteiger partial charge in [-0.25, -0.2) is 13.8 Å². The summed E-state index contributed by atoms with van der Waals surface area (Å²) in [7, 11) is 1.53. The largest absolute Gasteiger partial charge is 0.394 e. The second-order valence-corrected chi connectivity index (χ2v) is 6.60. The zero-order valence-corrected chi connectivity index (χ0v) is 16.5. The molecule has 30 heavy (non-hydrogen) atoms. The highest BCUT2D eigenvalue weighted by atomic mass is 35.5. The molecule has 3 aromatic rings. The third-order valence-electron chi connectivity index (χ3n) is 4.00. The lowest BCUT2D eigenvalue weighted by Crippen LogP contribution is -2.23. The van der Waals surface area contributed by atoms with Gasteiger partial charge in [-0.3, -0.25) is 9.48 Å². The number of halogens is 3. The van der Waals surface area contributed by atoms with E-state index in [4.69, 9.17) is 11.6 Å². The SMILES string of the molecule is CNC(=O)Cn1cc(Nc2ncc(Cl)c(N[C@H](CO)c3cc(F)cc(F)c3)n2)cn1. The van der Waals surface area contributed by atoms with Crippen LogP contribution < -0.4 is 16.0 Å². The van der Waals surface area contributed by atoms with Gasteiger partial charge in [0.25, 0.3) is 0 Å². The minimum atomic E-state index is -0.856. The van der Waals surface area contributed by atoms with Crippen molar-refractivity contribution in [1.82, 2.24) is 25.1 Å². The molecule has 0 radical (unpaired) electrons. The van der Waals surface area contributed by atoms with E-state index in [0.717, 1.165) is 18.2 Å². The summed E-state index contributed by atoms with van der Waals surface area (Å²) >= 11 is 6.12. The standard InChI is InChI=1S/C18H18ClF2N7O2/c1-22-16(30)8-28-7-13(5-24-28)25-18-23-6-14(19)17(27-18)26-15(9-29)10-2-11(20)4-12(21)3-10/h2-7,15,29H,8-9H2,1H3,(H,22,30)(H2,23,25,26,27)/t15-/m1/s1. The monoisotopic (exact) mass is 437 g/mol. The normalized spacial score (nSPS) is 11.8. The fourth-order valence-corrected chi connectivity index (χ4v) is 2.72. The Kier molecular flexibility index (Phi) is 6.75. The van der Waals surface area contributed by atoms with Crippen molar-refractivity contribution < 1.29 is 18.7 Å². The fraction of sp³-hybridized carbons (Fsp3) is 0.222. The van der Waals surface area contributed by atoms with Gasteiger partial charge in [0.05, 0.1) is 30.7 Å². The first-order chi connectivity index (χ1) is 14.4. The molecule has 12 heteroatoms. The number of carbonyl (C=O) groups excluding carboxylic acids is 1. The van der Waals surface area contributed by atoms with Crippen LogP contribution in [0.3, 0.4) is 0 Å². The van der Waals surface area contributed by atoms with E-state index in [0.29, 0.717) is 5.69 Å². The number of likely N-dealkylation sites (N-methyl/N-ethyl adjacent to an activating group) is 1. The average Bonchev–Trinajstić information content (AvgIpc) is 3.14. The number of benzene rings is 1. The first-order valence-corrected chi connectivity index (χ1v) is 9.11. The molecule has 0 fully saturated rings. The average molecular weight is 438 g/mol. The highest BCUT2D eigenvalue weighted by Gasteiger charge is 2.16. The topological polar surface area (TPSA) is 117 Å². The zero-order valence-electron chi connectivity index (χ0n) is 15.7. The molecule has 1 aromatic carbocycles.